The number of pyridine rings is 1. The van der Waals surface area contributed by atoms with Crippen LogP contribution in [0.2, 0.25) is 0 Å². The first-order valence-corrected chi connectivity index (χ1v) is 8.35. The zero-order valence-electron chi connectivity index (χ0n) is 15.4. The van der Waals surface area contributed by atoms with Crippen LogP contribution >= 0.6 is 0 Å². The van der Waals surface area contributed by atoms with E-state index >= 15 is 0 Å². The van der Waals surface area contributed by atoms with Crippen LogP contribution in [0.1, 0.15) is 16.1 Å². The zero-order valence-corrected chi connectivity index (χ0v) is 15.4. The number of benzene rings is 1. The van der Waals surface area contributed by atoms with Crippen molar-refractivity contribution in [1.82, 2.24) is 4.98 Å². The summed E-state index contributed by atoms with van der Waals surface area (Å²) in [6, 6.07) is 9.44. The van der Waals surface area contributed by atoms with Crippen molar-refractivity contribution in [2.75, 3.05) is 30.7 Å². The molecular weight excluding hydrogens is 362 g/mol. The summed E-state index contributed by atoms with van der Waals surface area (Å²) in [6.45, 7) is -0.151. The van der Waals surface area contributed by atoms with Gasteiger partial charge in [-0.05, 0) is 42.5 Å². The van der Waals surface area contributed by atoms with Crippen LogP contribution in [0.5, 0.6) is 0 Å². The Bertz CT molecular complexity index is 949. The van der Waals surface area contributed by atoms with E-state index in [1.54, 1.807) is 18.3 Å². The lowest BCUT2D eigenvalue weighted by Crippen LogP contribution is -2.22. The molecule has 1 aromatic heterocycles. The van der Waals surface area contributed by atoms with E-state index in [0.717, 1.165) is 10.7 Å². The average Bonchev–Trinajstić information content (AvgIpc) is 2.98. The number of carboxylic acid groups (broad SMARTS) is 1. The number of nitrogens with zero attached hydrogens (tertiary/aromatic N) is 4. The number of amides is 1. The highest BCUT2D eigenvalue weighted by molar-refractivity contribution is 6.30. The van der Waals surface area contributed by atoms with E-state index < -0.39 is 11.9 Å². The second-order valence-electron chi connectivity index (χ2n) is 6.08. The van der Waals surface area contributed by atoms with Gasteiger partial charge in [0.25, 0.3) is 5.91 Å². The molecule has 0 saturated heterocycles. The number of aromatic nitrogens is 1. The molecule has 9 heteroatoms. The number of hydrogen-bond donors (Lipinski definition) is 2. The fourth-order valence-electron chi connectivity index (χ4n) is 2.52. The van der Waals surface area contributed by atoms with Gasteiger partial charge in [-0.1, -0.05) is 0 Å². The van der Waals surface area contributed by atoms with Crippen LogP contribution in [-0.2, 0) is 9.53 Å². The molecule has 3 N–H and O–H groups in total. The van der Waals surface area contributed by atoms with Crippen LogP contribution in [0.4, 0.5) is 11.4 Å². The molecule has 1 aromatic carbocycles. The highest BCUT2D eigenvalue weighted by Crippen LogP contribution is 2.26. The molecule has 1 amide bonds. The Kier molecular flexibility index (Phi) is 5.37. The quantitative estimate of drug-likeness (QED) is 0.595. The summed E-state index contributed by atoms with van der Waals surface area (Å²) in [4.78, 5) is 30.1. The van der Waals surface area contributed by atoms with Crippen molar-refractivity contribution in [3.05, 3.63) is 59.4 Å². The summed E-state index contributed by atoms with van der Waals surface area (Å²) in [5.41, 5.74) is 7.66. The predicted molar refractivity (Wildman–Crippen MR) is 105 cm³/mol. The Balaban J connectivity index is 1.92. The van der Waals surface area contributed by atoms with Crippen LogP contribution in [0, 0.1) is 0 Å². The minimum absolute atomic E-state index is 0.0771. The molecule has 0 unspecified atom stereocenters. The SMILES string of the molecule is CN(C)c1ccc(C=C2C(=O)N(c3ccc(C(=O)O)cc3)N=C2OCN)nc1. The minimum Gasteiger partial charge on any atom is -0.478 e. The smallest absolute Gasteiger partial charge is 0.335 e. The molecule has 0 radical (unpaired) electrons. The van der Waals surface area contributed by atoms with E-state index in [-0.39, 0.29) is 23.8 Å². The van der Waals surface area contributed by atoms with E-state index in [0.29, 0.717) is 11.4 Å². The number of anilines is 2. The van der Waals surface area contributed by atoms with Crippen molar-refractivity contribution in [1.29, 1.82) is 0 Å². The van der Waals surface area contributed by atoms with Gasteiger partial charge in [0.15, 0.2) is 0 Å². The third-order valence-corrected chi connectivity index (χ3v) is 4.00. The maximum absolute atomic E-state index is 12.9. The molecule has 3 rings (SSSR count). The Morgan fingerprint density at radius 2 is 1.96 bits per heavy atom. The molecule has 28 heavy (non-hydrogen) atoms. The van der Waals surface area contributed by atoms with Crippen LogP contribution in [0.3, 0.4) is 0 Å². The van der Waals surface area contributed by atoms with E-state index in [4.69, 9.17) is 15.6 Å². The number of rotatable bonds is 5. The standard InChI is InChI=1S/C19H19N5O4/c1-23(2)15-8-5-13(21-10-15)9-16-17(28-11-20)22-24(18(16)25)14-6-3-12(4-7-14)19(26)27/h3-10H,11,20H2,1-2H3,(H,26,27). The second-order valence-corrected chi connectivity index (χ2v) is 6.08. The van der Waals surface area contributed by atoms with Crippen LogP contribution in [-0.4, -0.2) is 48.7 Å². The van der Waals surface area contributed by atoms with Gasteiger partial charge in [0.2, 0.25) is 5.90 Å². The molecule has 0 fully saturated rings. The van der Waals surface area contributed by atoms with Gasteiger partial charge in [0, 0.05) is 14.1 Å². The molecule has 1 aliphatic rings. The predicted octanol–water partition coefficient (Wildman–Crippen LogP) is 1.52. The van der Waals surface area contributed by atoms with Crippen molar-refractivity contribution in [3.63, 3.8) is 0 Å². The molecule has 0 bridgehead atoms. The fourth-order valence-corrected chi connectivity index (χ4v) is 2.52. The Morgan fingerprint density at radius 1 is 1.25 bits per heavy atom. The van der Waals surface area contributed by atoms with Crippen molar-refractivity contribution >= 4 is 35.2 Å². The number of nitrogens with two attached hydrogens (primary N) is 1. The number of carbonyl (C=O) groups is 2. The largest absolute Gasteiger partial charge is 0.478 e. The third-order valence-electron chi connectivity index (χ3n) is 4.00. The monoisotopic (exact) mass is 381 g/mol. The fraction of sp³-hybridized carbons (Fsp3) is 0.158. The van der Waals surface area contributed by atoms with Crippen LogP contribution in [0.25, 0.3) is 6.08 Å². The topological polar surface area (TPSA) is 121 Å². The molecule has 1 aliphatic heterocycles. The molecular formula is C19H19N5O4. The number of aromatic carboxylic acids is 1. The van der Waals surface area contributed by atoms with Gasteiger partial charge in [-0.25, -0.2) is 4.79 Å². The first-order chi connectivity index (χ1) is 13.4. The number of ether oxygens (including phenoxy) is 1. The first kappa shape index (κ1) is 19.1. The molecule has 0 atom stereocenters. The van der Waals surface area contributed by atoms with Gasteiger partial charge >= 0.3 is 5.97 Å². The van der Waals surface area contributed by atoms with Gasteiger partial charge in [-0.3, -0.25) is 15.5 Å². The maximum atomic E-state index is 12.9. The number of carbonyl (C=O) groups excluding carboxylic acids is 1. The van der Waals surface area contributed by atoms with Crippen molar-refractivity contribution < 1.29 is 19.4 Å². The summed E-state index contributed by atoms with van der Waals surface area (Å²) >= 11 is 0. The van der Waals surface area contributed by atoms with Crippen molar-refractivity contribution in [2.45, 2.75) is 0 Å². The van der Waals surface area contributed by atoms with E-state index in [9.17, 15) is 9.59 Å². The van der Waals surface area contributed by atoms with E-state index in [1.165, 1.54) is 24.3 Å². The Labute approximate surface area is 161 Å². The van der Waals surface area contributed by atoms with Crippen molar-refractivity contribution in [2.24, 2.45) is 10.8 Å². The molecule has 0 spiro atoms. The van der Waals surface area contributed by atoms with Gasteiger partial charge in [-0.15, -0.1) is 5.10 Å². The molecule has 0 aliphatic carbocycles. The van der Waals surface area contributed by atoms with Crippen molar-refractivity contribution in [3.8, 4) is 0 Å². The molecule has 2 heterocycles. The van der Waals surface area contributed by atoms with Crippen LogP contribution in [0.15, 0.2) is 53.3 Å². The molecule has 0 saturated carbocycles. The molecule has 144 valence electrons. The molecule has 9 nitrogen and oxygen atoms in total. The first-order valence-electron chi connectivity index (χ1n) is 8.35. The average molecular weight is 381 g/mol. The number of hydrogen-bond acceptors (Lipinski definition) is 7. The van der Waals surface area contributed by atoms with Gasteiger partial charge < -0.3 is 14.7 Å². The van der Waals surface area contributed by atoms with Gasteiger partial charge in [0.05, 0.1) is 28.8 Å². The number of hydrazone groups is 1. The molecule has 2 aromatic rings. The van der Waals surface area contributed by atoms with Crippen LogP contribution < -0.4 is 15.6 Å². The lowest BCUT2D eigenvalue weighted by Gasteiger charge is -2.12. The summed E-state index contributed by atoms with van der Waals surface area (Å²) < 4.78 is 5.30. The zero-order chi connectivity index (χ0) is 20.3. The van der Waals surface area contributed by atoms with Gasteiger partial charge in [0.1, 0.15) is 12.3 Å². The second kappa shape index (κ2) is 7.89. The van der Waals surface area contributed by atoms with E-state index in [2.05, 4.69) is 10.1 Å². The number of carboxylic acids is 1. The highest BCUT2D eigenvalue weighted by atomic mass is 16.5. The Morgan fingerprint density at radius 3 is 2.50 bits per heavy atom. The minimum atomic E-state index is -1.05. The normalized spacial score (nSPS) is 15.0. The maximum Gasteiger partial charge on any atom is 0.335 e. The third kappa shape index (κ3) is 3.84. The Hall–Kier alpha value is -3.72. The summed E-state index contributed by atoms with van der Waals surface area (Å²) in [5.74, 6) is -1.40. The lowest BCUT2D eigenvalue weighted by atomic mass is 10.1. The summed E-state index contributed by atoms with van der Waals surface area (Å²) in [7, 11) is 3.81. The van der Waals surface area contributed by atoms with E-state index in [1.807, 2.05) is 25.1 Å². The summed E-state index contributed by atoms with van der Waals surface area (Å²) in [5, 5.41) is 14.3. The summed E-state index contributed by atoms with van der Waals surface area (Å²) in [6.07, 6.45) is 3.26. The highest BCUT2D eigenvalue weighted by Gasteiger charge is 2.32. The lowest BCUT2D eigenvalue weighted by molar-refractivity contribution is -0.114. The van der Waals surface area contributed by atoms with Gasteiger partial charge in [-0.2, -0.15) is 5.01 Å².